The average Bonchev–Trinajstić information content (AvgIpc) is 2.91. The Labute approximate surface area is 202 Å². The molecule has 3 heteroatoms. The maximum Gasteiger partial charge on any atom is 0.0385 e. The Morgan fingerprint density at radius 1 is 0.424 bits per heavy atom. The van der Waals surface area contributed by atoms with Crippen molar-refractivity contribution in [3.63, 3.8) is 0 Å². The molecule has 0 radical (unpaired) electrons. The van der Waals surface area contributed by atoms with E-state index in [4.69, 9.17) is 11.8 Å². The van der Waals surface area contributed by atoms with Gasteiger partial charge in [0, 0.05) is 11.3 Å². The third kappa shape index (κ3) is 4.38. The zero-order valence-electron chi connectivity index (χ0n) is 18.2. The molecule has 0 saturated heterocycles. The third-order valence-corrected chi connectivity index (χ3v) is 13.4. The van der Waals surface area contributed by atoms with Crippen LogP contribution in [-0.2, 0) is 11.8 Å². The molecule has 5 rings (SSSR count). The van der Waals surface area contributed by atoms with Crippen LogP contribution >= 0.6 is 14.0 Å². The van der Waals surface area contributed by atoms with E-state index in [1.54, 1.807) is 0 Å². The van der Waals surface area contributed by atoms with Gasteiger partial charge in [0.25, 0.3) is 0 Å². The summed E-state index contributed by atoms with van der Waals surface area (Å²) in [5, 5.41) is 7.78. The van der Waals surface area contributed by atoms with E-state index in [0.29, 0.717) is 0 Å². The largest absolute Gasteiger partial charge is 0.0826 e. The Morgan fingerprint density at radius 3 is 1.24 bits per heavy atom. The monoisotopic (exact) mass is 478 g/mol. The second-order valence-corrected chi connectivity index (χ2v) is 14.3. The Morgan fingerprint density at radius 2 is 0.788 bits per heavy atom. The van der Waals surface area contributed by atoms with Gasteiger partial charge in [0.2, 0.25) is 0 Å². The number of hydrogen-bond donors (Lipinski definition) is 0. The zero-order chi connectivity index (χ0) is 22.5. The van der Waals surface area contributed by atoms with Crippen molar-refractivity contribution in [3.8, 4) is 0 Å². The number of hydrogen-bond acceptors (Lipinski definition) is 1. The van der Waals surface area contributed by atoms with E-state index >= 15 is 0 Å². The molecule has 33 heavy (non-hydrogen) atoms. The summed E-state index contributed by atoms with van der Waals surface area (Å²) in [5.74, 6) is 0. The summed E-state index contributed by atoms with van der Waals surface area (Å²) in [7, 11) is -0.751. The molecule has 0 bridgehead atoms. The van der Waals surface area contributed by atoms with Crippen molar-refractivity contribution >= 4 is 57.6 Å². The molecule has 0 N–H and O–H groups in total. The van der Waals surface area contributed by atoms with Crippen molar-refractivity contribution in [2.24, 2.45) is 0 Å². The molecule has 0 unspecified atom stereocenters. The van der Waals surface area contributed by atoms with Crippen LogP contribution in [0.4, 0.5) is 0 Å². The summed E-state index contributed by atoms with van der Waals surface area (Å²) in [6.07, 6.45) is 0. The SMILES string of the molecule is S=P(c1ccccc1)(c1ccccc1)c1ccccc1P(c1ccccc1)c1ccccc1. The molecule has 0 nitrogen and oxygen atoms in total. The molecule has 0 aliphatic rings. The summed E-state index contributed by atoms with van der Waals surface area (Å²) in [6.45, 7) is 0. The minimum absolute atomic E-state index is 0.751. The Kier molecular flexibility index (Phi) is 6.65. The summed E-state index contributed by atoms with van der Waals surface area (Å²) in [4.78, 5) is 0. The topological polar surface area (TPSA) is 0 Å². The smallest absolute Gasteiger partial charge is 0.0385 e. The highest BCUT2D eigenvalue weighted by Crippen LogP contribution is 2.45. The van der Waals surface area contributed by atoms with Gasteiger partial charge in [-0.1, -0.05) is 157 Å². The molecule has 0 heterocycles. The molecule has 160 valence electrons. The van der Waals surface area contributed by atoms with Crippen LogP contribution in [0.2, 0.25) is 0 Å². The van der Waals surface area contributed by atoms with Gasteiger partial charge >= 0.3 is 0 Å². The first-order chi connectivity index (χ1) is 16.3. The molecule has 0 amide bonds. The molecule has 0 fully saturated rings. The molecule has 0 aliphatic carbocycles. The van der Waals surface area contributed by atoms with Crippen LogP contribution in [0.1, 0.15) is 0 Å². The van der Waals surface area contributed by atoms with Crippen LogP contribution in [0, 0.1) is 0 Å². The molecule has 5 aromatic carbocycles. The lowest BCUT2D eigenvalue weighted by Crippen LogP contribution is -2.36. The van der Waals surface area contributed by atoms with E-state index < -0.39 is 14.0 Å². The van der Waals surface area contributed by atoms with E-state index in [-0.39, 0.29) is 0 Å². The fourth-order valence-electron chi connectivity index (χ4n) is 4.20. The Bertz CT molecular complexity index is 1290. The van der Waals surface area contributed by atoms with E-state index in [0.717, 1.165) is 0 Å². The molecule has 0 spiro atoms. The van der Waals surface area contributed by atoms with Gasteiger partial charge in [-0.15, -0.1) is 0 Å². The van der Waals surface area contributed by atoms with Gasteiger partial charge in [-0.05, 0) is 34.4 Å². The van der Waals surface area contributed by atoms with Crippen LogP contribution in [-0.4, -0.2) is 0 Å². The minimum atomic E-state index is -2.26. The highest BCUT2D eigenvalue weighted by Gasteiger charge is 2.30. The number of benzene rings is 5. The first kappa shape index (κ1) is 22.0. The fourth-order valence-corrected chi connectivity index (χ4v) is 11.4. The van der Waals surface area contributed by atoms with Gasteiger partial charge in [-0.2, -0.15) is 0 Å². The lowest BCUT2D eigenvalue weighted by atomic mass is 10.3. The summed E-state index contributed by atoms with van der Waals surface area (Å²) in [5.41, 5.74) is 0. The zero-order valence-corrected chi connectivity index (χ0v) is 20.8. The molecule has 0 aliphatic heterocycles. The second kappa shape index (κ2) is 9.98. The van der Waals surface area contributed by atoms with Crippen LogP contribution in [0.15, 0.2) is 146 Å². The standard InChI is InChI=1S/C30H24P2S/c33-32(27-19-9-3-10-20-27,28-21-11-4-12-22-28)30-24-14-13-23-29(30)31(25-15-5-1-6-16-25)26-17-7-2-8-18-26/h1-24H. The van der Waals surface area contributed by atoms with Gasteiger partial charge in [0.1, 0.15) is 0 Å². The molecular weight excluding hydrogens is 454 g/mol. The number of rotatable bonds is 6. The average molecular weight is 479 g/mol. The predicted molar refractivity (Wildman–Crippen MR) is 151 cm³/mol. The van der Waals surface area contributed by atoms with Gasteiger partial charge < -0.3 is 0 Å². The maximum absolute atomic E-state index is 6.73. The van der Waals surface area contributed by atoms with Crippen molar-refractivity contribution in [3.05, 3.63) is 146 Å². The maximum atomic E-state index is 6.73. The first-order valence-electron chi connectivity index (χ1n) is 11.0. The summed E-state index contributed by atoms with van der Waals surface area (Å²) in [6, 6.07) is 49.8. The van der Waals surface area contributed by atoms with E-state index in [1.807, 2.05) is 0 Å². The highest BCUT2D eigenvalue weighted by molar-refractivity contribution is 8.25. The van der Waals surface area contributed by atoms with Gasteiger partial charge in [-0.25, -0.2) is 0 Å². The normalized spacial score (nSPS) is 11.4. The van der Waals surface area contributed by atoms with E-state index in [9.17, 15) is 0 Å². The van der Waals surface area contributed by atoms with E-state index in [2.05, 4.69) is 146 Å². The van der Waals surface area contributed by atoms with Crippen LogP contribution in [0.3, 0.4) is 0 Å². The van der Waals surface area contributed by atoms with Crippen molar-refractivity contribution in [1.29, 1.82) is 0 Å². The second-order valence-electron chi connectivity index (χ2n) is 7.78. The van der Waals surface area contributed by atoms with Crippen molar-refractivity contribution in [2.45, 2.75) is 0 Å². The molecule has 0 saturated carbocycles. The Hall–Kier alpha value is -2.82. The quantitative estimate of drug-likeness (QED) is 0.302. The lowest BCUT2D eigenvalue weighted by molar-refractivity contribution is 1.74. The van der Waals surface area contributed by atoms with Crippen molar-refractivity contribution < 1.29 is 0 Å². The van der Waals surface area contributed by atoms with Crippen LogP contribution < -0.4 is 31.8 Å². The van der Waals surface area contributed by atoms with Crippen LogP contribution in [0.25, 0.3) is 0 Å². The van der Waals surface area contributed by atoms with E-state index in [1.165, 1.54) is 31.8 Å². The third-order valence-electron chi connectivity index (χ3n) is 5.73. The summed E-state index contributed by atoms with van der Waals surface area (Å²) < 4.78 is 0. The van der Waals surface area contributed by atoms with Gasteiger partial charge in [0.15, 0.2) is 0 Å². The first-order valence-corrected chi connectivity index (χ1v) is 15.1. The van der Waals surface area contributed by atoms with Gasteiger partial charge in [0.05, 0.1) is 0 Å². The molecule has 0 atom stereocenters. The lowest BCUT2D eigenvalue weighted by Gasteiger charge is -2.30. The van der Waals surface area contributed by atoms with Crippen molar-refractivity contribution in [1.82, 2.24) is 0 Å². The minimum Gasteiger partial charge on any atom is -0.0826 e. The molecular formula is C30H24P2S. The molecule has 5 aromatic rings. The Balaban J connectivity index is 1.81. The van der Waals surface area contributed by atoms with Gasteiger partial charge in [-0.3, -0.25) is 0 Å². The highest BCUT2D eigenvalue weighted by atomic mass is 32.4. The molecule has 0 aromatic heterocycles. The van der Waals surface area contributed by atoms with Crippen LogP contribution in [0.5, 0.6) is 0 Å². The van der Waals surface area contributed by atoms with Crippen molar-refractivity contribution in [2.75, 3.05) is 0 Å². The summed E-state index contributed by atoms with van der Waals surface area (Å²) >= 11 is 6.73. The predicted octanol–water partition coefficient (Wildman–Crippen LogP) is 5.20. The fraction of sp³-hybridized carbons (Fsp3) is 0.